The van der Waals surface area contributed by atoms with Crippen molar-refractivity contribution >= 4 is 11.8 Å². The molecule has 2 amide bonds. The molecule has 2 rings (SSSR count). The van der Waals surface area contributed by atoms with Crippen molar-refractivity contribution in [3.63, 3.8) is 0 Å². The maximum atomic E-state index is 12.5. The number of amides is 2. The third-order valence-electron chi connectivity index (χ3n) is 4.92. The van der Waals surface area contributed by atoms with E-state index in [0.717, 1.165) is 51.6 Å². The monoisotopic (exact) mass is 280 g/mol. The van der Waals surface area contributed by atoms with Crippen molar-refractivity contribution in [2.24, 2.45) is 5.41 Å². The van der Waals surface area contributed by atoms with Crippen LogP contribution in [0.25, 0.3) is 0 Å². The van der Waals surface area contributed by atoms with Crippen LogP contribution in [-0.2, 0) is 9.59 Å². The van der Waals surface area contributed by atoms with E-state index in [1.165, 1.54) is 6.42 Å². The van der Waals surface area contributed by atoms with Gasteiger partial charge < -0.3 is 9.80 Å². The second-order valence-electron chi connectivity index (χ2n) is 6.79. The minimum atomic E-state index is -0.0596. The molecule has 1 saturated carbocycles. The number of rotatable bonds is 4. The number of hydrogen-bond donors (Lipinski definition) is 0. The van der Waals surface area contributed by atoms with E-state index in [1.807, 2.05) is 4.90 Å². The molecule has 1 aliphatic heterocycles. The summed E-state index contributed by atoms with van der Waals surface area (Å²) in [6.07, 6.45) is 9.02. The molecule has 0 aromatic heterocycles. The lowest BCUT2D eigenvalue weighted by atomic mass is 9.78. The van der Waals surface area contributed by atoms with Crippen molar-refractivity contribution < 1.29 is 9.59 Å². The number of piperidine rings is 1. The van der Waals surface area contributed by atoms with Gasteiger partial charge in [0.25, 0.3) is 0 Å². The van der Waals surface area contributed by atoms with Crippen molar-refractivity contribution in [1.82, 2.24) is 9.80 Å². The van der Waals surface area contributed by atoms with E-state index in [0.29, 0.717) is 12.8 Å². The van der Waals surface area contributed by atoms with Crippen LogP contribution in [0.1, 0.15) is 57.8 Å². The number of carbonyl (C=O) groups is 2. The predicted octanol–water partition coefficient (Wildman–Crippen LogP) is 2.43. The highest BCUT2D eigenvalue weighted by molar-refractivity contribution is 5.80. The topological polar surface area (TPSA) is 40.6 Å². The van der Waals surface area contributed by atoms with E-state index >= 15 is 0 Å². The SMILES string of the molecule is CN(C)C(=O)CC1(CC(=O)N2CCCCC2)CCCC1. The molecule has 0 unspecified atom stereocenters. The summed E-state index contributed by atoms with van der Waals surface area (Å²) in [6.45, 7) is 1.83. The fourth-order valence-corrected chi connectivity index (χ4v) is 3.60. The molecule has 1 heterocycles. The first-order valence-electron chi connectivity index (χ1n) is 8.00. The average Bonchev–Trinajstić information content (AvgIpc) is 2.87. The third-order valence-corrected chi connectivity index (χ3v) is 4.92. The molecule has 20 heavy (non-hydrogen) atoms. The maximum absolute atomic E-state index is 12.5. The van der Waals surface area contributed by atoms with E-state index in [9.17, 15) is 9.59 Å². The second-order valence-corrected chi connectivity index (χ2v) is 6.79. The maximum Gasteiger partial charge on any atom is 0.223 e. The standard InChI is InChI=1S/C16H28N2O2/c1-17(2)14(19)12-16(8-4-5-9-16)13-15(20)18-10-6-3-7-11-18/h3-13H2,1-2H3. The van der Waals surface area contributed by atoms with Crippen molar-refractivity contribution in [3.8, 4) is 0 Å². The van der Waals surface area contributed by atoms with Gasteiger partial charge in [-0.2, -0.15) is 0 Å². The van der Waals surface area contributed by atoms with Gasteiger partial charge in [0.05, 0.1) is 0 Å². The average molecular weight is 280 g/mol. The molecule has 0 aromatic rings. The van der Waals surface area contributed by atoms with Gasteiger partial charge in [0.15, 0.2) is 0 Å². The molecule has 1 saturated heterocycles. The molecule has 4 nitrogen and oxygen atoms in total. The van der Waals surface area contributed by atoms with Crippen LogP contribution in [0, 0.1) is 5.41 Å². The first-order chi connectivity index (χ1) is 9.52. The lowest BCUT2D eigenvalue weighted by Gasteiger charge is -2.33. The van der Waals surface area contributed by atoms with E-state index in [4.69, 9.17) is 0 Å². The van der Waals surface area contributed by atoms with Crippen LogP contribution in [0.5, 0.6) is 0 Å². The van der Waals surface area contributed by atoms with Gasteiger partial charge >= 0.3 is 0 Å². The molecule has 0 radical (unpaired) electrons. The Morgan fingerprint density at radius 2 is 1.55 bits per heavy atom. The number of carbonyl (C=O) groups excluding carboxylic acids is 2. The lowest BCUT2D eigenvalue weighted by Crippen LogP contribution is -2.40. The van der Waals surface area contributed by atoms with E-state index in [1.54, 1.807) is 19.0 Å². The molecule has 4 heteroatoms. The van der Waals surface area contributed by atoms with Gasteiger partial charge in [-0.15, -0.1) is 0 Å². The summed E-state index contributed by atoms with van der Waals surface area (Å²) in [6, 6.07) is 0. The summed E-state index contributed by atoms with van der Waals surface area (Å²) < 4.78 is 0. The predicted molar refractivity (Wildman–Crippen MR) is 79.3 cm³/mol. The smallest absolute Gasteiger partial charge is 0.223 e. The summed E-state index contributed by atoms with van der Waals surface area (Å²) in [5.74, 6) is 0.441. The lowest BCUT2D eigenvalue weighted by molar-refractivity contribution is -0.137. The zero-order chi connectivity index (χ0) is 14.6. The molecule has 0 N–H and O–H groups in total. The fourth-order valence-electron chi connectivity index (χ4n) is 3.60. The van der Waals surface area contributed by atoms with E-state index < -0.39 is 0 Å². The highest BCUT2D eigenvalue weighted by Gasteiger charge is 2.39. The molecule has 1 aliphatic carbocycles. The molecule has 0 bridgehead atoms. The summed E-state index contributed by atoms with van der Waals surface area (Å²) in [7, 11) is 3.61. The van der Waals surface area contributed by atoms with Gasteiger partial charge in [-0.3, -0.25) is 9.59 Å². The summed E-state index contributed by atoms with van der Waals surface area (Å²) in [5, 5.41) is 0. The molecule has 2 fully saturated rings. The van der Waals surface area contributed by atoms with Crippen LogP contribution in [0.3, 0.4) is 0 Å². The zero-order valence-electron chi connectivity index (χ0n) is 13.0. The minimum absolute atomic E-state index is 0.0596. The fraction of sp³-hybridized carbons (Fsp3) is 0.875. The van der Waals surface area contributed by atoms with Gasteiger partial charge in [-0.25, -0.2) is 0 Å². The van der Waals surface area contributed by atoms with Crippen molar-refractivity contribution in [2.75, 3.05) is 27.2 Å². The number of nitrogens with zero attached hydrogens (tertiary/aromatic N) is 2. The Bertz CT molecular complexity index is 353. The Labute approximate surface area is 122 Å². The molecule has 0 atom stereocenters. The normalized spacial score (nSPS) is 21.8. The highest BCUT2D eigenvalue weighted by atomic mass is 16.2. The van der Waals surface area contributed by atoms with Crippen LogP contribution >= 0.6 is 0 Å². The Kier molecular flexibility index (Phi) is 5.06. The molecule has 2 aliphatic rings. The van der Waals surface area contributed by atoms with E-state index in [-0.39, 0.29) is 17.2 Å². The number of likely N-dealkylation sites (tertiary alicyclic amines) is 1. The van der Waals surface area contributed by atoms with Crippen LogP contribution in [0.4, 0.5) is 0 Å². The van der Waals surface area contributed by atoms with Gasteiger partial charge in [0, 0.05) is 40.0 Å². The number of hydrogen-bond acceptors (Lipinski definition) is 2. The van der Waals surface area contributed by atoms with Crippen molar-refractivity contribution in [1.29, 1.82) is 0 Å². The van der Waals surface area contributed by atoms with Crippen LogP contribution in [0.2, 0.25) is 0 Å². The van der Waals surface area contributed by atoms with Gasteiger partial charge in [0.2, 0.25) is 11.8 Å². The highest BCUT2D eigenvalue weighted by Crippen LogP contribution is 2.44. The summed E-state index contributed by atoms with van der Waals surface area (Å²) in [5.41, 5.74) is -0.0596. The third kappa shape index (κ3) is 3.74. The Morgan fingerprint density at radius 1 is 0.950 bits per heavy atom. The van der Waals surface area contributed by atoms with Gasteiger partial charge in [0.1, 0.15) is 0 Å². The second kappa shape index (κ2) is 6.59. The van der Waals surface area contributed by atoms with Crippen molar-refractivity contribution in [3.05, 3.63) is 0 Å². The Balaban J connectivity index is 1.97. The molecular weight excluding hydrogens is 252 g/mol. The van der Waals surface area contributed by atoms with E-state index in [2.05, 4.69) is 0 Å². The summed E-state index contributed by atoms with van der Waals surface area (Å²) >= 11 is 0. The van der Waals surface area contributed by atoms with Crippen LogP contribution in [0.15, 0.2) is 0 Å². The molecule has 114 valence electrons. The summed E-state index contributed by atoms with van der Waals surface area (Å²) in [4.78, 5) is 28.3. The molecular formula is C16H28N2O2. The van der Waals surface area contributed by atoms with Gasteiger partial charge in [-0.05, 0) is 37.5 Å². The molecule has 0 aromatic carbocycles. The zero-order valence-corrected chi connectivity index (χ0v) is 13.0. The van der Waals surface area contributed by atoms with Gasteiger partial charge in [-0.1, -0.05) is 12.8 Å². The van der Waals surface area contributed by atoms with Crippen LogP contribution in [-0.4, -0.2) is 48.8 Å². The Morgan fingerprint density at radius 3 is 2.10 bits per heavy atom. The largest absolute Gasteiger partial charge is 0.349 e. The quantitative estimate of drug-likeness (QED) is 0.793. The minimum Gasteiger partial charge on any atom is -0.349 e. The van der Waals surface area contributed by atoms with Crippen molar-refractivity contribution in [2.45, 2.75) is 57.8 Å². The first-order valence-corrected chi connectivity index (χ1v) is 8.00. The van der Waals surface area contributed by atoms with Crippen LogP contribution < -0.4 is 0 Å². The first kappa shape index (κ1) is 15.3. The molecule has 0 spiro atoms. The Hall–Kier alpha value is -1.06.